The number of carbonyl (C=O) groups excluding carboxylic acids is 1. The maximum absolute atomic E-state index is 11.1. The third-order valence-corrected chi connectivity index (χ3v) is 1.51. The molecule has 0 aromatic rings. The average molecular weight is 190 g/mol. The number of aliphatic hydroxyl groups excluding tert-OH is 1. The zero-order valence-electron chi connectivity index (χ0n) is 8.49. The zero-order chi connectivity index (χ0) is 10.3. The van der Waals surface area contributed by atoms with Gasteiger partial charge in [-0.25, -0.2) is 4.79 Å². The lowest BCUT2D eigenvalue weighted by Crippen LogP contribution is -2.34. The van der Waals surface area contributed by atoms with Gasteiger partial charge in [0.1, 0.15) is 6.61 Å². The molecule has 0 aromatic heterocycles. The molecule has 0 aromatic carbocycles. The maximum Gasteiger partial charge on any atom is 0.409 e. The van der Waals surface area contributed by atoms with Gasteiger partial charge < -0.3 is 19.6 Å². The van der Waals surface area contributed by atoms with Crippen molar-refractivity contribution in [2.24, 2.45) is 0 Å². The van der Waals surface area contributed by atoms with Crippen molar-refractivity contribution in [3.05, 3.63) is 0 Å². The Hall–Kier alpha value is -0.810. The molecule has 0 aliphatic rings. The summed E-state index contributed by atoms with van der Waals surface area (Å²) in [4.78, 5) is 14.6. The van der Waals surface area contributed by atoms with Gasteiger partial charge in [0.05, 0.1) is 6.61 Å². The molecule has 5 nitrogen and oxygen atoms in total. The molecule has 0 atom stereocenters. The molecule has 0 aliphatic heterocycles. The molecule has 13 heavy (non-hydrogen) atoms. The Labute approximate surface area is 78.9 Å². The van der Waals surface area contributed by atoms with E-state index >= 15 is 0 Å². The number of likely N-dealkylation sites (N-methyl/N-ethyl adjacent to an activating group) is 2. The monoisotopic (exact) mass is 190 g/mol. The number of carbonyl (C=O) groups is 1. The Balaban J connectivity index is 3.57. The maximum atomic E-state index is 11.1. The van der Waals surface area contributed by atoms with E-state index < -0.39 is 6.09 Å². The van der Waals surface area contributed by atoms with E-state index in [9.17, 15) is 4.79 Å². The second-order valence-electron chi connectivity index (χ2n) is 3.06. The normalized spacial score (nSPS) is 10.2. The molecule has 0 unspecified atom stereocenters. The number of ether oxygens (including phenoxy) is 1. The molecule has 0 saturated carbocycles. The van der Waals surface area contributed by atoms with Crippen molar-refractivity contribution < 1.29 is 14.6 Å². The summed E-state index contributed by atoms with van der Waals surface area (Å²) in [6, 6.07) is 0. The smallest absolute Gasteiger partial charge is 0.409 e. The Kier molecular flexibility index (Phi) is 6.26. The van der Waals surface area contributed by atoms with E-state index in [1.807, 2.05) is 19.0 Å². The van der Waals surface area contributed by atoms with Gasteiger partial charge in [-0.15, -0.1) is 0 Å². The second-order valence-corrected chi connectivity index (χ2v) is 3.06. The van der Waals surface area contributed by atoms with Crippen LogP contribution in [0.2, 0.25) is 0 Å². The van der Waals surface area contributed by atoms with Crippen molar-refractivity contribution in [2.45, 2.75) is 0 Å². The van der Waals surface area contributed by atoms with Crippen molar-refractivity contribution in [3.8, 4) is 0 Å². The Bertz CT molecular complexity index is 150. The van der Waals surface area contributed by atoms with Crippen LogP contribution in [0.25, 0.3) is 0 Å². The van der Waals surface area contributed by atoms with Crippen molar-refractivity contribution in [3.63, 3.8) is 0 Å². The van der Waals surface area contributed by atoms with E-state index in [2.05, 4.69) is 0 Å². The van der Waals surface area contributed by atoms with Gasteiger partial charge in [-0.1, -0.05) is 0 Å². The molecule has 0 fully saturated rings. The quantitative estimate of drug-likeness (QED) is 0.641. The molecule has 0 radical (unpaired) electrons. The van der Waals surface area contributed by atoms with Gasteiger partial charge in [0.2, 0.25) is 0 Å². The average Bonchev–Trinajstić information content (AvgIpc) is 2.10. The van der Waals surface area contributed by atoms with Gasteiger partial charge in [-0.05, 0) is 14.1 Å². The van der Waals surface area contributed by atoms with E-state index in [0.29, 0.717) is 6.54 Å². The summed E-state index contributed by atoms with van der Waals surface area (Å²) in [7, 11) is 5.54. The topological polar surface area (TPSA) is 53.0 Å². The number of aliphatic hydroxyl groups is 1. The fraction of sp³-hybridized carbons (Fsp3) is 0.875. The number of rotatable bonds is 5. The minimum atomic E-state index is -0.393. The third-order valence-electron chi connectivity index (χ3n) is 1.51. The number of nitrogens with zero attached hydrogens (tertiary/aromatic N) is 2. The summed E-state index contributed by atoms with van der Waals surface area (Å²) in [5, 5.41) is 8.41. The minimum Gasteiger partial charge on any atom is -0.447 e. The van der Waals surface area contributed by atoms with Crippen LogP contribution in [0.5, 0.6) is 0 Å². The molecule has 78 valence electrons. The molecule has 5 heteroatoms. The first kappa shape index (κ1) is 12.2. The Morgan fingerprint density at radius 1 is 1.31 bits per heavy atom. The Morgan fingerprint density at radius 3 is 2.38 bits per heavy atom. The molecule has 1 N–H and O–H groups in total. The van der Waals surface area contributed by atoms with E-state index in [1.165, 1.54) is 4.90 Å². The standard InChI is InChI=1S/C8H18N2O3/c1-9(2)4-5-10(3)8(12)13-7-6-11/h11H,4-7H2,1-3H3. The van der Waals surface area contributed by atoms with E-state index in [4.69, 9.17) is 9.84 Å². The molecule has 0 saturated heterocycles. The van der Waals surface area contributed by atoms with Crippen LogP contribution in [0, 0.1) is 0 Å². The summed E-state index contributed by atoms with van der Waals surface area (Å²) >= 11 is 0. The first-order valence-electron chi connectivity index (χ1n) is 4.21. The van der Waals surface area contributed by atoms with Crippen molar-refractivity contribution in [2.75, 3.05) is 47.4 Å². The van der Waals surface area contributed by atoms with E-state index in [1.54, 1.807) is 7.05 Å². The lowest BCUT2D eigenvalue weighted by Gasteiger charge is -2.18. The molecule has 0 bridgehead atoms. The fourth-order valence-electron chi connectivity index (χ4n) is 0.684. The first-order chi connectivity index (χ1) is 6.07. The number of hydrogen-bond acceptors (Lipinski definition) is 4. The van der Waals surface area contributed by atoms with Crippen LogP contribution in [0.4, 0.5) is 4.79 Å². The van der Waals surface area contributed by atoms with Crippen LogP contribution in [-0.4, -0.2) is 68.4 Å². The highest BCUT2D eigenvalue weighted by Gasteiger charge is 2.08. The summed E-state index contributed by atoms with van der Waals surface area (Å²) in [6.45, 7) is 1.35. The minimum absolute atomic E-state index is 0.0607. The van der Waals surface area contributed by atoms with E-state index in [0.717, 1.165) is 6.54 Å². The number of amides is 1. The fourth-order valence-corrected chi connectivity index (χ4v) is 0.684. The van der Waals surface area contributed by atoms with Crippen LogP contribution in [0.15, 0.2) is 0 Å². The van der Waals surface area contributed by atoms with Crippen LogP contribution >= 0.6 is 0 Å². The van der Waals surface area contributed by atoms with Crippen molar-refractivity contribution in [1.82, 2.24) is 9.80 Å². The lowest BCUT2D eigenvalue weighted by atomic mass is 10.5. The van der Waals surface area contributed by atoms with Gasteiger partial charge >= 0.3 is 6.09 Å². The van der Waals surface area contributed by atoms with Gasteiger partial charge in [0, 0.05) is 20.1 Å². The summed E-state index contributed by atoms with van der Waals surface area (Å²) < 4.78 is 4.70. The first-order valence-corrected chi connectivity index (χ1v) is 4.21. The molecule has 0 heterocycles. The Morgan fingerprint density at radius 2 is 1.92 bits per heavy atom. The molecule has 0 spiro atoms. The van der Waals surface area contributed by atoms with Crippen LogP contribution in [0.1, 0.15) is 0 Å². The zero-order valence-corrected chi connectivity index (χ0v) is 8.49. The molecule has 0 rings (SSSR count). The van der Waals surface area contributed by atoms with Gasteiger partial charge in [-0.2, -0.15) is 0 Å². The van der Waals surface area contributed by atoms with Crippen molar-refractivity contribution in [1.29, 1.82) is 0 Å². The van der Waals surface area contributed by atoms with Gasteiger partial charge in [0.25, 0.3) is 0 Å². The largest absolute Gasteiger partial charge is 0.447 e. The van der Waals surface area contributed by atoms with Crippen LogP contribution in [0.3, 0.4) is 0 Å². The molecular weight excluding hydrogens is 172 g/mol. The predicted molar refractivity (Wildman–Crippen MR) is 49.6 cm³/mol. The highest BCUT2D eigenvalue weighted by molar-refractivity contribution is 5.67. The van der Waals surface area contributed by atoms with Crippen molar-refractivity contribution >= 4 is 6.09 Å². The third kappa shape index (κ3) is 6.36. The van der Waals surface area contributed by atoms with Crippen LogP contribution in [-0.2, 0) is 4.74 Å². The summed E-state index contributed by atoms with van der Waals surface area (Å²) in [5.74, 6) is 0. The SMILES string of the molecule is CN(C)CCN(C)C(=O)OCCO. The molecule has 1 amide bonds. The summed E-state index contributed by atoms with van der Waals surface area (Å²) in [5.41, 5.74) is 0. The van der Waals surface area contributed by atoms with Gasteiger partial charge in [0.15, 0.2) is 0 Å². The highest BCUT2D eigenvalue weighted by atomic mass is 16.6. The number of hydrogen-bond donors (Lipinski definition) is 1. The molecule has 0 aliphatic carbocycles. The molecular formula is C8H18N2O3. The van der Waals surface area contributed by atoms with Gasteiger partial charge in [-0.3, -0.25) is 0 Å². The summed E-state index contributed by atoms with van der Waals surface area (Å²) in [6.07, 6.45) is -0.393. The predicted octanol–water partition coefficient (Wildman–Crippen LogP) is -0.391. The second kappa shape index (κ2) is 6.68. The van der Waals surface area contributed by atoms with E-state index in [-0.39, 0.29) is 13.2 Å². The highest BCUT2D eigenvalue weighted by Crippen LogP contribution is 1.90. The van der Waals surface area contributed by atoms with Crippen LogP contribution < -0.4 is 0 Å². The lowest BCUT2D eigenvalue weighted by molar-refractivity contribution is 0.0894.